The third kappa shape index (κ3) is 4.00. The second-order valence-electron chi connectivity index (χ2n) is 5.62. The molecule has 3 rings (SSSR count). The lowest BCUT2D eigenvalue weighted by Crippen LogP contribution is -2.21. The summed E-state index contributed by atoms with van der Waals surface area (Å²) in [7, 11) is 0. The number of carbonyl (C=O) groups excluding carboxylic acids is 1. The average molecular weight is 411 g/mol. The minimum absolute atomic E-state index is 0.0163. The fourth-order valence-electron chi connectivity index (χ4n) is 2.68. The molecule has 0 aliphatic carbocycles. The number of hydrogen-bond acceptors (Lipinski definition) is 3. The highest BCUT2D eigenvalue weighted by molar-refractivity contribution is 9.10. The van der Waals surface area contributed by atoms with Crippen molar-refractivity contribution < 1.29 is 19.4 Å². The summed E-state index contributed by atoms with van der Waals surface area (Å²) in [5, 5.41) is 9.36. The summed E-state index contributed by atoms with van der Waals surface area (Å²) in [5.74, 6) is -2.33. The second-order valence-corrected chi connectivity index (χ2v) is 6.54. The van der Waals surface area contributed by atoms with Crippen molar-refractivity contribution in [1.29, 1.82) is 0 Å². The van der Waals surface area contributed by atoms with Crippen LogP contribution in [0.5, 0.6) is 5.75 Å². The largest absolute Gasteiger partial charge is 0.478 e. The molecule has 0 amide bonds. The molecule has 0 spiro atoms. The van der Waals surface area contributed by atoms with Gasteiger partial charge in [0.2, 0.25) is 0 Å². The summed E-state index contributed by atoms with van der Waals surface area (Å²) in [6, 6.07) is 23.0. The Labute approximate surface area is 159 Å². The molecule has 0 fully saturated rings. The fourth-order valence-corrected chi connectivity index (χ4v) is 3.04. The van der Waals surface area contributed by atoms with Gasteiger partial charge < -0.3 is 9.84 Å². The highest BCUT2D eigenvalue weighted by Gasteiger charge is 2.26. The Morgan fingerprint density at radius 1 is 0.846 bits per heavy atom. The minimum atomic E-state index is -1.16. The van der Waals surface area contributed by atoms with Gasteiger partial charge in [-0.15, -0.1) is 0 Å². The van der Waals surface area contributed by atoms with Crippen molar-refractivity contribution in [2.75, 3.05) is 0 Å². The molecule has 0 bridgehead atoms. The van der Waals surface area contributed by atoms with Crippen molar-refractivity contribution in [3.63, 3.8) is 0 Å². The normalized spacial score (nSPS) is 10.5. The van der Waals surface area contributed by atoms with Crippen LogP contribution in [0.15, 0.2) is 83.3 Å². The Hall–Kier alpha value is -2.92. The number of ether oxygens (including phenoxy) is 1. The average Bonchev–Trinajstić information content (AvgIpc) is 2.65. The molecule has 5 heteroatoms. The molecule has 0 aliphatic heterocycles. The summed E-state index contributed by atoms with van der Waals surface area (Å²) < 4.78 is 6.09. The van der Waals surface area contributed by atoms with Crippen molar-refractivity contribution in [3.05, 3.63) is 100 Å². The zero-order chi connectivity index (χ0) is 18.5. The van der Waals surface area contributed by atoms with Gasteiger partial charge in [-0.3, -0.25) is 4.79 Å². The molecule has 1 N–H and O–H groups in total. The quantitative estimate of drug-likeness (QED) is 0.480. The Kier molecular flexibility index (Phi) is 5.49. The summed E-state index contributed by atoms with van der Waals surface area (Å²) in [6.45, 7) is 0. The summed E-state index contributed by atoms with van der Waals surface area (Å²) >= 11 is 3.23. The van der Waals surface area contributed by atoms with Crippen molar-refractivity contribution in [1.82, 2.24) is 0 Å². The number of carboxylic acids is 1. The number of rotatable bonds is 5. The lowest BCUT2D eigenvalue weighted by Gasteiger charge is -2.17. The third-order valence-corrected chi connectivity index (χ3v) is 4.38. The van der Waals surface area contributed by atoms with E-state index in [0.29, 0.717) is 4.47 Å². The Morgan fingerprint density at radius 3 is 1.88 bits per heavy atom. The van der Waals surface area contributed by atoms with Crippen molar-refractivity contribution >= 4 is 27.9 Å². The first kappa shape index (κ1) is 17.9. The van der Waals surface area contributed by atoms with E-state index in [1.807, 2.05) is 60.7 Å². The van der Waals surface area contributed by atoms with Gasteiger partial charge in [-0.2, -0.15) is 0 Å². The molecule has 4 nitrogen and oxygen atoms in total. The van der Waals surface area contributed by atoms with Crippen molar-refractivity contribution in [3.8, 4) is 5.75 Å². The van der Waals surface area contributed by atoms with Crippen LogP contribution in [0.2, 0.25) is 0 Å². The molecule has 0 heterocycles. The van der Waals surface area contributed by atoms with Gasteiger partial charge in [0.1, 0.15) is 17.2 Å². The molecule has 0 saturated carbocycles. The predicted octanol–water partition coefficient (Wildman–Crippen LogP) is 4.88. The molecule has 0 saturated heterocycles. The second kappa shape index (κ2) is 7.97. The monoisotopic (exact) mass is 410 g/mol. The van der Waals surface area contributed by atoms with Gasteiger partial charge in [0.05, 0.1) is 0 Å². The fraction of sp³-hybridized carbons (Fsp3) is 0.0476. The number of halogens is 1. The van der Waals surface area contributed by atoms with Crippen molar-refractivity contribution in [2.24, 2.45) is 0 Å². The first-order chi connectivity index (χ1) is 12.6. The van der Waals surface area contributed by atoms with Crippen LogP contribution in [-0.4, -0.2) is 17.0 Å². The first-order valence-electron chi connectivity index (χ1n) is 7.90. The highest BCUT2D eigenvalue weighted by atomic mass is 79.9. The van der Waals surface area contributed by atoms with Crippen molar-refractivity contribution in [2.45, 2.75) is 5.92 Å². The molecule has 26 heavy (non-hydrogen) atoms. The zero-order valence-corrected chi connectivity index (χ0v) is 15.2. The zero-order valence-electron chi connectivity index (χ0n) is 13.6. The number of carboxylic acid groups (broad SMARTS) is 1. The summed E-state index contributed by atoms with van der Waals surface area (Å²) in [4.78, 5) is 24.4. The van der Waals surface area contributed by atoms with Crippen LogP contribution >= 0.6 is 15.9 Å². The van der Waals surface area contributed by atoms with E-state index in [9.17, 15) is 14.7 Å². The van der Waals surface area contributed by atoms with E-state index < -0.39 is 17.9 Å². The SMILES string of the molecule is O=C(O)c1cc(Br)ccc1OC(=O)C(c1ccccc1)c1ccccc1. The van der Waals surface area contributed by atoms with Gasteiger partial charge in [-0.25, -0.2) is 4.79 Å². The number of benzene rings is 3. The van der Waals surface area contributed by atoms with E-state index in [1.54, 1.807) is 6.07 Å². The summed E-state index contributed by atoms with van der Waals surface area (Å²) in [6.07, 6.45) is 0. The first-order valence-corrected chi connectivity index (χ1v) is 8.70. The van der Waals surface area contributed by atoms with E-state index in [4.69, 9.17) is 4.74 Å². The maximum absolute atomic E-state index is 12.9. The van der Waals surface area contributed by atoms with Gasteiger partial charge in [-0.1, -0.05) is 76.6 Å². The molecule has 3 aromatic carbocycles. The van der Waals surface area contributed by atoms with Crippen LogP contribution in [0.1, 0.15) is 27.4 Å². The smallest absolute Gasteiger partial charge is 0.339 e. The maximum atomic E-state index is 12.9. The Balaban J connectivity index is 1.99. The molecular formula is C21H15BrO4. The van der Waals surface area contributed by atoms with Gasteiger partial charge in [0.25, 0.3) is 0 Å². The van der Waals surface area contributed by atoms with Crippen LogP contribution in [0.25, 0.3) is 0 Å². The van der Waals surface area contributed by atoms with Gasteiger partial charge in [0.15, 0.2) is 0 Å². The van der Waals surface area contributed by atoms with Gasteiger partial charge in [0, 0.05) is 4.47 Å². The molecule has 0 aliphatic rings. The van der Waals surface area contributed by atoms with E-state index in [-0.39, 0.29) is 11.3 Å². The minimum Gasteiger partial charge on any atom is -0.478 e. The maximum Gasteiger partial charge on any atom is 0.339 e. The number of hydrogen-bond donors (Lipinski definition) is 1. The molecular weight excluding hydrogens is 396 g/mol. The summed E-state index contributed by atoms with van der Waals surface area (Å²) in [5.41, 5.74) is 1.47. The number of aromatic carboxylic acids is 1. The number of esters is 1. The Bertz CT molecular complexity index is 884. The van der Waals surface area contributed by atoms with E-state index in [0.717, 1.165) is 11.1 Å². The van der Waals surface area contributed by atoms with Crippen LogP contribution in [-0.2, 0) is 4.79 Å². The van der Waals surface area contributed by atoms with E-state index in [1.165, 1.54) is 12.1 Å². The molecule has 0 unspecified atom stereocenters. The standard InChI is InChI=1S/C21H15BrO4/c22-16-11-12-18(17(13-16)20(23)24)26-21(25)19(14-7-3-1-4-8-14)15-9-5-2-6-10-15/h1-13,19H,(H,23,24). The van der Waals surface area contributed by atoms with Crippen LogP contribution in [0.3, 0.4) is 0 Å². The van der Waals surface area contributed by atoms with E-state index >= 15 is 0 Å². The lowest BCUT2D eigenvalue weighted by atomic mass is 9.91. The predicted molar refractivity (Wildman–Crippen MR) is 101 cm³/mol. The van der Waals surface area contributed by atoms with Gasteiger partial charge in [-0.05, 0) is 29.3 Å². The number of carbonyl (C=O) groups is 2. The molecule has 0 aromatic heterocycles. The topological polar surface area (TPSA) is 63.6 Å². The molecule has 130 valence electrons. The molecule has 3 aromatic rings. The van der Waals surface area contributed by atoms with Crippen LogP contribution < -0.4 is 4.74 Å². The third-order valence-electron chi connectivity index (χ3n) is 3.88. The van der Waals surface area contributed by atoms with Gasteiger partial charge >= 0.3 is 11.9 Å². The van der Waals surface area contributed by atoms with Crippen LogP contribution in [0.4, 0.5) is 0 Å². The Morgan fingerprint density at radius 2 is 1.38 bits per heavy atom. The molecule has 0 radical (unpaired) electrons. The molecule has 0 atom stereocenters. The van der Waals surface area contributed by atoms with Crippen LogP contribution in [0, 0.1) is 0 Å². The lowest BCUT2D eigenvalue weighted by molar-refractivity contribution is -0.135. The van der Waals surface area contributed by atoms with E-state index in [2.05, 4.69) is 15.9 Å². The highest BCUT2D eigenvalue weighted by Crippen LogP contribution is 2.29.